The van der Waals surface area contributed by atoms with Crippen LogP contribution in [0, 0.1) is 0 Å². The van der Waals surface area contributed by atoms with E-state index in [4.69, 9.17) is 30.8 Å². The molecular weight excluding hydrogens is 424 g/mol. The number of carbonyl (C=O) groups is 1. The molecule has 1 fully saturated rings. The van der Waals surface area contributed by atoms with Gasteiger partial charge in [0.05, 0.1) is 41.1 Å². The second-order valence-electron chi connectivity index (χ2n) is 7.35. The molecule has 0 radical (unpaired) electrons. The van der Waals surface area contributed by atoms with Crippen molar-refractivity contribution in [3.8, 4) is 11.5 Å². The summed E-state index contributed by atoms with van der Waals surface area (Å²) in [6, 6.07) is 11.2. The number of para-hydroxylation sites is 1. The number of halogens is 1. The molecule has 0 N–H and O–H groups in total. The highest BCUT2D eigenvalue weighted by Crippen LogP contribution is 2.39. The molecule has 2 aliphatic heterocycles. The molecule has 30 heavy (non-hydrogen) atoms. The summed E-state index contributed by atoms with van der Waals surface area (Å²) >= 11 is 7.93. The molecule has 3 heterocycles. The molecule has 5 rings (SSSR count). The summed E-state index contributed by atoms with van der Waals surface area (Å²) in [6.45, 7) is 2.24. The summed E-state index contributed by atoms with van der Waals surface area (Å²) in [5.41, 5.74) is 1.32. The van der Waals surface area contributed by atoms with E-state index in [2.05, 4.69) is 0 Å². The van der Waals surface area contributed by atoms with Crippen LogP contribution in [0.3, 0.4) is 0 Å². The molecule has 6 nitrogen and oxygen atoms in total. The standard InChI is InChI=1S/C22H21ClN2O4S/c23-16-11-14(12-18-20(16)29-10-4-9-28-18)21(26)25(13-15-5-3-8-27-15)22-24-17-6-1-2-7-19(17)30-22/h1-2,6-7,11-12,15H,3-5,8-10,13H2. The van der Waals surface area contributed by atoms with E-state index in [-0.39, 0.29) is 12.0 Å². The second kappa shape index (κ2) is 8.41. The number of aromatic nitrogens is 1. The molecule has 156 valence electrons. The Kier molecular flexibility index (Phi) is 5.50. The van der Waals surface area contributed by atoms with Crippen molar-refractivity contribution in [1.82, 2.24) is 4.98 Å². The number of ether oxygens (including phenoxy) is 3. The quantitative estimate of drug-likeness (QED) is 0.570. The van der Waals surface area contributed by atoms with E-state index in [0.717, 1.165) is 36.1 Å². The van der Waals surface area contributed by atoms with Gasteiger partial charge in [-0.3, -0.25) is 9.69 Å². The van der Waals surface area contributed by atoms with E-state index >= 15 is 0 Å². The summed E-state index contributed by atoms with van der Waals surface area (Å²) in [5, 5.41) is 1.03. The Morgan fingerprint density at radius 2 is 2.03 bits per heavy atom. The lowest BCUT2D eigenvalue weighted by molar-refractivity contribution is 0.0917. The molecule has 1 aromatic heterocycles. The molecule has 0 bridgehead atoms. The lowest BCUT2D eigenvalue weighted by atomic mass is 10.1. The van der Waals surface area contributed by atoms with Crippen LogP contribution in [0.1, 0.15) is 29.6 Å². The molecule has 8 heteroatoms. The van der Waals surface area contributed by atoms with Gasteiger partial charge in [-0.1, -0.05) is 35.1 Å². The number of anilines is 1. The van der Waals surface area contributed by atoms with Crippen LogP contribution in [0.15, 0.2) is 36.4 Å². The fraction of sp³-hybridized carbons (Fsp3) is 0.364. The van der Waals surface area contributed by atoms with Gasteiger partial charge in [0.2, 0.25) is 0 Å². The first-order chi connectivity index (χ1) is 14.7. The molecule has 2 aliphatic rings. The smallest absolute Gasteiger partial charge is 0.260 e. The number of thiazole rings is 1. The van der Waals surface area contributed by atoms with E-state index in [1.54, 1.807) is 17.0 Å². The molecule has 1 amide bonds. The number of fused-ring (bicyclic) bond motifs is 2. The van der Waals surface area contributed by atoms with Gasteiger partial charge in [0.15, 0.2) is 16.6 Å². The predicted octanol–water partition coefficient (Wildman–Crippen LogP) is 4.94. The van der Waals surface area contributed by atoms with Crippen LogP contribution in [0.4, 0.5) is 5.13 Å². The lowest BCUT2D eigenvalue weighted by Crippen LogP contribution is -2.37. The minimum Gasteiger partial charge on any atom is -0.489 e. The number of benzene rings is 2. The summed E-state index contributed by atoms with van der Waals surface area (Å²) in [4.78, 5) is 20.0. The monoisotopic (exact) mass is 444 g/mol. The van der Waals surface area contributed by atoms with E-state index in [0.29, 0.717) is 47.0 Å². The van der Waals surface area contributed by atoms with Crippen molar-refractivity contribution >= 4 is 44.2 Å². The summed E-state index contributed by atoms with van der Waals surface area (Å²) in [5.74, 6) is 0.822. The second-order valence-corrected chi connectivity index (χ2v) is 8.77. The first kappa shape index (κ1) is 19.6. The van der Waals surface area contributed by atoms with Gasteiger partial charge in [0.1, 0.15) is 0 Å². The minimum atomic E-state index is -0.179. The van der Waals surface area contributed by atoms with E-state index in [1.165, 1.54) is 11.3 Å². The fourth-order valence-electron chi connectivity index (χ4n) is 3.73. The highest BCUT2D eigenvalue weighted by molar-refractivity contribution is 7.22. The molecule has 3 aromatic rings. The molecular formula is C22H21ClN2O4S. The van der Waals surface area contributed by atoms with Crippen molar-refractivity contribution in [2.45, 2.75) is 25.4 Å². The van der Waals surface area contributed by atoms with E-state index < -0.39 is 0 Å². The summed E-state index contributed by atoms with van der Waals surface area (Å²) in [6.07, 6.45) is 2.70. The average molecular weight is 445 g/mol. The Morgan fingerprint density at radius 3 is 2.87 bits per heavy atom. The molecule has 1 atom stereocenters. The van der Waals surface area contributed by atoms with Gasteiger partial charge in [0.25, 0.3) is 5.91 Å². The maximum absolute atomic E-state index is 13.6. The van der Waals surface area contributed by atoms with Crippen molar-refractivity contribution < 1.29 is 19.0 Å². The number of hydrogen-bond acceptors (Lipinski definition) is 6. The first-order valence-electron chi connectivity index (χ1n) is 10.1. The predicted molar refractivity (Wildman–Crippen MR) is 117 cm³/mol. The molecule has 1 unspecified atom stereocenters. The maximum Gasteiger partial charge on any atom is 0.260 e. The van der Waals surface area contributed by atoms with Gasteiger partial charge in [-0.05, 0) is 37.1 Å². The van der Waals surface area contributed by atoms with Crippen LogP contribution < -0.4 is 14.4 Å². The maximum atomic E-state index is 13.6. The Labute approximate surface area is 183 Å². The number of nitrogens with zero attached hydrogens (tertiary/aromatic N) is 2. The fourth-order valence-corrected chi connectivity index (χ4v) is 4.96. The van der Waals surface area contributed by atoms with Gasteiger partial charge in [-0.2, -0.15) is 0 Å². The number of amides is 1. The number of carbonyl (C=O) groups excluding carboxylic acids is 1. The first-order valence-corrected chi connectivity index (χ1v) is 11.3. The Bertz CT molecular complexity index is 1050. The minimum absolute atomic E-state index is 0.00292. The normalized spacial score (nSPS) is 18.4. The molecule has 2 aromatic carbocycles. The Balaban J connectivity index is 1.52. The van der Waals surface area contributed by atoms with Crippen LogP contribution in [-0.2, 0) is 4.74 Å². The van der Waals surface area contributed by atoms with Crippen molar-refractivity contribution in [1.29, 1.82) is 0 Å². The zero-order chi connectivity index (χ0) is 20.5. The highest BCUT2D eigenvalue weighted by Gasteiger charge is 2.28. The van der Waals surface area contributed by atoms with Crippen molar-refractivity contribution in [3.05, 3.63) is 47.0 Å². The third-order valence-electron chi connectivity index (χ3n) is 5.22. The highest BCUT2D eigenvalue weighted by atomic mass is 35.5. The largest absolute Gasteiger partial charge is 0.489 e. The van der Waals surface area contributed by atoms with Gasteiger partial charge in [0, 0.05) is 18.6 Å². The van der Waals surface area contributed by atoms with E-state index in [9.17, 15) is 4.79 Å². The average Bonchev–Trinajstić information content (AvgIpc) is 3.35. The molecule has 1 saturated heterocycles. The zero-order valence-electron chi connectivity index (χ0n) is 16.3. The lowest BCUT2D eigenvalue weighted by Gasteiger charge is -2.23. The Hall–Kier alpha value is -2.35. The van der Waals surface area contributed by atoms with E-state index in [1.807, 2.05) is 24.3 Å². The summed E-state index contributed by atoms with van der Waals surface area (Å²) in [7, 11) is 0. The molecule has 0 spiro atoms. The zero-order valence-corrected chi connectivity index (χ0v) is 17.9. The van der Waals surface area contributed by atoms with Crippen LogP contribution in [0.2, 0.25) is 5.02 Å². The Morgan fingerprint density at radius 1 is 1.17 bits per heavy atom. The van der Waals surface area contributed by atoms with Crippen LogP contribution >= 0.6 is 22.9 Å². The van der Waals surface area contributed by atoms with Crippen LogP contribution in [0.5, 0.6) is 11.5 Å². The molecule has 0 aliphatic carbocycles. The van der Waals surface area contributed by atoms with Crippen LogP contribution in [-0.4, -0.2) is 43.4 Å². The van der Waals surface area contributed by atoms with Crippen molar-refractivity contribution in [2.75, 3.05) is 31.3 Å². The van der Waals surface area contributed by atoms with Gasteiger partial charge in [-0.15, -0.1) is 0 Å². The summed E-state index contributed by atoms with van der Waals surface area (Å²) < 4.78 is 18.3. The number of hydrogen-bond donors (Lipinski definition) is 0. The van der Waals surface area contributed by atoms with Crippen LogP contribution in [0.25, 0.3) is 10.2 Å². The number of rotatable bonds is 4. The van der Waals surface area contributed by atoms with Crippen molar-refractivity contribution in [3.63, 3.8) is 0 Å². The third-order valence-corrected chi connectivity index (χ3v) is 6.56. The van der Waals surface area contributed by atoms with Gasteiger partial charge >= 0.3 is 0 Å². The molecule has 0 saturated carbocycles. The SMILES string of the molecule is O=C(c1cc(Cl)c2c(c1)OCCCO2)N(CC1CCCO1)c1nc2ccccc2s1. The van der Waals surface area contributed by atoms with Gasteiger partial charge in [-0.25, -0.2) is 4.98 Å². The van der Waals surface area contributed by atoms with Crippen molar-refractivity contribution in [2.24, 2.45) is 0 Å². The topological polar surface area (TPSA) is 60.9 Å². The van der Waals surface area contributed by atoms with Gasteiger partial charge < -0.3 is 14.2 Å². The third kappa shape index (κ3) is 3.85.